The van der Waals surface area contributed by atoms with Crippen LogP contribution in [0.2, 0.25) is 0 Å². The quantitative estimate of drug-likeness (QED) is 0.315. The van der Waals surface area contributed by atoms with E-state index in [1.807, 2.05) is 6.07 Å². The second kappa shape index (κ2) is 10.4. The van der Waals surface area contributed by atoms with Crippen LogP contribution in [-0.2, 0) is 23.8 Å². The fraction of sp³-hybridized carbons (Fsp3) is 0.179. The number of thiazole rings is 1. The summed E-state index contributed by atoms with van der Waals surface area (Å²) < 4.78 is 44.3. The molecule has 3 aromatic carbocycles. The fourth-order valence-corrected chi connectivity index (χ4v) is 5.08. The van der Waals surface area contributed by atoms with Crippen molar-refractivity contribution in [1.82, 2.24) is 4.98 Å². The molecule has 0 radical (unpaired) electrons. The third kappa shape index (κ3) is 5.58. The van der Waals surface area contributed by atoms with Crippen molar-refractivity contribution in [3.63, 3.8) is 0 Å². The Morgan fingerprint density at radius 2 is 1.87 bits per heavy atom. The van der Waals surface area contributed by atoms with E-state index in [1.165, 1.54) is 30.6 Å². The Bertz CT molecular complexity index is 1550. The molecule has 200 valence electrons. The minimum Gasteiger partial charge on any atom is -0.497 e. The van der Waals surface area contributed by atoms with Crippen molar-refractivity contribution < 1.29 is 27.5 Å². The number of alkyl halides is 3. The summed E-state index contributed by atoms with van der Waals surface area (Å²) in [5.74, 6) is -0.106. The lowest BCUT2D eigenvalue weighted by Gasteiger charge is -2.17. The van der Waals surface area contributed by atoms with Gasteiger partial charge in [-0.15, -0.1) is 11.3 Å². The molecule has 1 aliphatic heterocycles. The highest BCUT2D eigenvalue weighted by molar-refractivity contribution is 7.13. The third-order valence-electron chi connectivity index (χ3n) is 6.43. The van der Waals surface area contributed by atoms with Gasteiger partial charge < -0.3 is 20.7 Å². The zero-order valence-electron chi connectivity index (χ0n) is 20.7. The predicted molar refractivity (Wildman–Crippen MR) is 144 cm³/mol. The number of aromatic nitrogens is 1. The van der Waals surface area contributed by atoms with Crippen LogP contribution in [0.5, 0.6) is 5.75 Å². The lowest BCUT2D eigenvalue weighted by molar-refractivity contribution is -0.137. The van der Waals surface area contributed by atoms with Crippen LogP contribution in [-0.4, -0.2) is 30.5 Å². The van der Waals surface area contributed by atoms with Crippen molar-refractivity contribution in [2.75, 3.05) is 29.6 Å². The Hall–Kier alpha value is -4.38. The zero-order valence-corrected chi connectivity index (χ0v) is 21.5. The molecule has 2 amide bonds. The fourth-order valence-electron chi connectivity index (χ4n) is 4.52. The van der Waals surface area contributed by atoms with Crippen LogP contribution in [0.15, 0.2) is 66.0 Å². The molecule has 0 saturated heterocycles. The molecular formula is C28H23F3N4O3S. The zero-order chi connectivity index (χ0) is 27.7. The minimum absolute atomic E-state index is 0.0894. The standard InChI is InChI=1S/C28H23F3N4O3S/c1-38-21-7-8-22(16-2-4-18(5-3-16)28(29,30)31)23(14-21)26(37)33-19-6-9-24-17(12-19)10-11-35(24)25(36)13-20-15-39-27(32)34-20/h2-9,12,14-15H,10-11,13H2,1H3,(H2,32,34)(H,33,37). The van der Waals surface area contributed by atoms with Gasteiger partial charge >= 0.3 is 6.18 Å². The number of benzene rings is 3. The van der Waals surface area contributed by atoms with E-state index in [2.05, 4.69) is 10.3 Å². The van der Waals surface area contributed by atoms with Crippen molar-refractivity contribution in [2.24, 2.45) is 0 Å². The summed E-state index contributed by atoms with van der Waals surface area (Å²) in [5, 5.41) is 5.05. The molecule has 1 aromatic heterocycles. The summed E-state index contributed by atoms with van der Waals surface area (Å²) in [6.45, 7) is 0.513. The number of ether oxygens (including phenoxy) is 1. The third-order valence-corrected chi connectivity index (χ3v) is 7.15. The first kappa shape index (κ1) is 26.2. The van der Waals surface area contributed by atoms with Crippen LogP contribution in [0.3, 0.4) is 0 Å². The normalized spacial score (nSPS) is 12.8. The molecule has 0 atom stereocenters. The summed E-state index contributed by atoms with van der Waals surface area (Å²) in [6.07, 6.45) is -3.69. The molecule has 1 aliphatic rings. The smallest absolute Gasteiger partial charge is 0.416 e. The number of amides is 2. The first-order valence-corrected chi connectivity index (χ1v) is 12.8. The summed E-state index contributed by atoms with van der Waals surface area (Å²) >= 11 is 1.29. The Balaban J connectivity index is 1.36. The number of anilines is 3. The second-order valence-electron chi connectivity index (χ2n) is 8.93. The van der Waals surface area contributed by atoms with Crippen LogP contribution in [0, 0.1) is 0 Å². The van der Waals surface area contributed by atoms with Crippen molar-refractivity contribution in [2.45, 2.75) is 19.0 Å². The lowest BCUT2D eigenvalue weighted by atomic mass is 9.97. The number of nitrogen functional groups attached to an aromatic ring is 1. The average Bonchev–Trinajstić information content (AvgIpc) is 3.53. The lowest BCUT2D eigenvalue weighted by Crippen LogP contribution is -2.30. The molecule has 0 saturated carbocycles. The highest BCUT2D eigenvalue weighted by Gasteiger charge is 2.30. The highest BCUT2D eigenvalue weighted by atomic mass is 32.1. The maximum atomic E-state index is 13.4. The molecule has 11 heteroatoms. The van der Waals surface area contributed by atoms with E-state index in [4.69, 9.17) is 10.5 Å². The number of halogens is 3. The number of rotatable bonds is 6. The molecular weight excluding hydrogens is 529 g/mol. The van der Waals surface area contributed by atoms with E-state index in [0.717, 1.165) is 23.4 Å². The van der Waals surface area contributed by atoms with Gasteiger partial charge in [0.25, 0.3) is 5.91 Å². The molecule has 4 aromatic rings. The van der Waals surface area contributed by atoms with Gasteiger partial charge in [-0.25, -0.2) is 4.98 Å². The van der Waals surface area contributed by atoms with Crippen molar-refractivity contribution in [3.8, 4) is 16.9 Å². The van der Waals surface area contributed by atoms with Gasteiger partial charge in [0.15, 0.2) is 5.13 Å². The van der Waals surface area contributed by atoms with Gasteiger partial charge in [0.1, 0.15) is 5.75 Å². The number of carbonyl (C=O) groups is 2. The number of nitrogens with one attached hydrogen (secondary N) is 1. The maximum Gasteiger partial charge on any atom is 0.416 e. The molecule has 5 rings (SSSR count). The first-order chi connectivity index (χ1) is 18.6. The summed E-state index contributed by atoms with van der Waals surface area (Å²) in [7, 11) is 1.46. The highest BCUT2D eigenvalue weighted by Crippen LogP contribution is 2.34. The molecule has 2 heterocycles. The summed E-state index contributed by atoms with van der Waals surface area (Å²) in [6, 6.07) is 14.8. The molecule has 0 fully saturated rings. The number of nitrogens with zero attached hydrogens (tertiary/aromatic N) is 2. The van der Waals surface area contributed by atoms with Crippen molar-refractivity contribution in [3.05, 3.63) is 88.4 Å². The van der Waals surface area contributed by atoms with Gasteiger partial charge in [0, 0.05) is 23.3 Å². The molecule has 0 spiro atoms. The average molecular weight is 553 g/mol. The Kier molecular flexibility index (Phi) is 7.00. The van der Waals surface area contributed by atoms with E-state index >= 15 is 0 Å². The summed E-state index contributed by atoms with van der Waals surface area (Å²) in [4.78, 5) is 32.0. The van der Waals surface area contributed by atoms with Gasteiger partial charge in [-0.1, -0.05) is 12.1 Å². The van der Waals surface area contributed by atoms with E-state index in [1.54, 1.807) is 40.6 Å². The molecule has 0 aliphatic carbocycles. The topological polar surface area (TPSA) is 97.5 Å². The summed E-state index contributed by atoms with van der Waals surface area (Å²) in [5.41, 5.74) is 8.89. The number of nitrogens with two attached hydrogens (primary N) is 1. The molecule has 0 unspecified atom stereocenters. The van der Waals surface area contributed by atoms with E-state index in [9.17, 15) is 22.8 Å². The number of hydrogen-bond acceptors (Lipinski definition) is 6. The first-order valence-electron chi connectivity index (χ1n) is 11.9. The van der Waals surface area contributed by atoms with Gasteiger partial charge in [0.05, 0.1) is 30.4 Å². The van der Waals surface area contributed by atoms with Crippen LogP contribution in [0.25, 0.3) is 11.1 Å². The van der Waals surface area contributed by atoms with Gasteiger partial charge in [-0.2, -0.15) is 13.2 Å². The monoisotopic (exact) mass is 552 g/mol. The predicted octanol–water partition coefficient (Wildman–Crippen LogP) is 5.80. The maximum absolute atomic E-state index is 13.4. The number of fused-ring (bicyclic) bond motifs is 1. The van der Waals surface area contributed by atoms with Crippen LogP contribution in [0.1, 0.15) is 27.2 Å². The number of methoxy groups -OCH3 is 1. The number of hydrogen-bond donors (Lipinski definition) is 2. The van der Waals surface area contributed by atoms with Crippen molar-refractivity contribution >= 4 is 39.7 Å². The van der Waals surface area contributed by atoms with Crippen LogP contribution in [0.4, 0.5) is 29.7 Å². The van der Waals surface area contributed by atoms with Gasteiger partial charge in [-0.3, -0.25) is 9.59 Å². The second-order valence-corrected chi connectivity index (χ2v) is 9.82. The van der Waals surface area contributed by atoms with E-state index in [-0.39, 0.29) is 17.9 Å². The van der Waals surface area contributed by atoms with Crippen LogP contribution >= 0.6 is 11.3 Å². The van der Waals surface area contributed by atoms with E-state index < -0.39 is 17.6 Å². The van der Waals surface area contributed by atoms with E-state index in [0.29, 0.717) is 46.4 Å². The Labute approximate surface area is 226 Å². The van der Waals surface area contributed by atoms with Gasteiger partial charge in [-0.05, 0) is 71.6 Å². The molecule has 0 bridgehead atoms. The largest absolute Gasteiger partial charge is 0.497 e. The Morgan fingerprint density at radius 3 is 2.54 bits per heavy atom. The Morgan fingerprint density at radius 1 is 1.10 bits per heavy atom. The van der Waals surface area contributed by atoms with Crippen LogP contribution < -0.4 is 20.7 Å². The van der Waals surface area contributed by atoms with Gasteiger partial charge in [0.2, 0.25) is 5.91 Å². The molecule has 3 N–H and O–H groups in total. The molecule has 7 nitrogen and oxygen atoms in total. The SMILES string of the molecule is COc1ccc(-c2ccc(C(F)(F)F)cc2)c(C(=O)Nc2ccc3c(c2)CCN3C(=O)Cc2csc(N)n2)c1. The van der Waals surface area contributed by atoms with Crippen molar-refractivity contribution in [1.29, 1.82) is 0 Å². The minimum atomic E-state index is -4.46. The molecule has 39 heavy (non-hydrogen) atoms. The number of carbonyl (C=O) groups excluding carboxylic acids is 2.